The van der Waals surface area contributed by atoms with Crippen LogP contribution in [0, 0.1) is 11.3 Å². The molecule has 0 bridgehead atoms. The van der Waals surface area contributed by atoms with Crippen LogP contribution in [0.5, 0.6) is 0 Å². The van der Waals surface area contributed by atoms with Crippen LogP contribution in [0.15, 0.2) is 0 Å². The van der Waals surface area contributed by atoms with Gasteiger partial charge in [0.1, 0.15) is 0 Å². The second kappa shape index (κ2) is 4.35. The number of nitrogens with one attached hydrogen (secondary N) is 1. The van der Waals surface area contributed by atoms with Crippen molar-refractivity contribution < 1.29 is 18.0 Å². The normalized spacial score (nSPS) is 27.9. The Bertz CT molecular complexity index is 259. The number of rotatable bonds is 1. The first kappa shape index (κ1) is 13.5. The molecule has 0 aromatic heterocycles. The van der Waals surface area contributed by atoms with Crippen LogP contribution in [0.1, 0.15) is 33.6 Å². The molecule has 94 valence electrons. The molecule has 0 saturated carbocycles. The summed E-state index contributed by atoms with van der Waals surface area (Å²) in [6.45, 7) is 5.21. The minimum atomic E-state index is -4.15. The van der Waals surface area contributed by atoms with Gasteiger partial charge in [-0.2, -0.15) is 13.2 Å². The largest absolute Gasteiger partial charge is 0.393 e. The monoisotopic (exact) mass is 237 g/mol. The first-order valence-corrected chi connectivity index (χ1v) is 5.47. The van der Waals surface area contributed by atoms with Gasteiger partial charge in [0, 0.05) is 12.0 Å². The highest BCUT2D eigenvalue weighted by atomic mass is 19.4. The standard InChI is InChI=1S/C11H18F3NO/c1-10(2,3)9(16)8-5-4-7(6-15-8)11(12,13)14/h7-8,15H,4-6H2,1-3H3. The predicted molar refractivity (Wildman–Crippen MR) is 55.0 cm³/mol. The summed E-state index contributed by atoms with van der Waals surface area (Å²) in [4.78, 5) is 11.8. The van der Waals surface area contributed by atoms with E-state index >= 15 is 0 Å². The fraction of sp³-hybridized carbons (Fsp3) is 0.909. The van der Waals surface area contributed by atoms with Gasteiger partial charge in [-0.3, -0.25) is 4.79 Å². The third kappa shape index (κ3) is 3.20. The number of Topliss-reactive ketones (excluding diaryl/α,β-unsaturated/α-hetero) is 1. The minimum Gasteiger partial charge on any atom is -0.307 e. The molecule has 2 atom stereocenters. The van der Waals surface area contributed by atoms with E-state index in [4.69, 9.17) is 0 Å². The highest BCUT2D eigenvalue weighted by Gasteiger charge is 2.43. The van der Waals surface area contributed by atoms with Gasteiger partial charge in [0.25, 0.3) is 0 Å². The van der Waals surface area contributed by atoms with Gasteiger partial charge in [0.2, 0.25) is 0 Å². The van der Waals surface area contributed by atoms with Crippen molar-refractivity contribution in [2.75, 3.05) is 6.54 Å². The van der Waals surface area contributed by atoms with Crippen LogP contribution >= 0.6 is 0 Å². The Kier molecular flexibility index (Phi) is 3.67. The zero-order valence-corrected chi connectivity index (χ0v) is 9.82. The Morgan fingerprint density at radius 2 is 1.75 bits per heavy atom. The van der Waals surface area contributed by atoms with Crippen LogP contribution in [0.25, 0.3) is 0 Å². The van der Waals surface area contributed by atoms with Crippen LogP contribution in [0.4, 0.5) is 13.2 Å². The first-order valence-electron chi connectivity index (χ1n) is 5.47. The number of hydrogen-bond donors (Lipinski definition) is 1. The summed E-state index contributed by atoms with van der Waals surface area (Å²) in [5.74, 6) is -1.32. The molecule has 0 aliphatic carbocycles. The zero-order valence-electron chi connectivity index (χ0n) is 9.82. The van der Waals surface area contributed by atoms with Gasteiger partial charge in [-0.25, -0.2) is 0 Å². The summed E-state index contributed by atoms with van der Waals surface area (Å²) in [7, 11) is 0. The maximum Gasteiger partial charge on any atom is 0.393 e. The highest BCUT2D eigenvalue weighted by Crippen LogP contribution is 2.33. The summed E-state index contributed by atoms with van der Waals surface area (Å²) in [6, 6.07) is -0.418. The van der Waals surface area contributed by atoms with Gasteiger partial charge in [-0.15, -0.1) is 0 Å². The smallest absolute Gasteiger partial charge is 0.307 e. The van der Waals surface area contributed by atoms with E-state index in [1.165, 1.54) is 0 Å². The van der Waals surface area contributed by atoms with Crippen LogP contribution in [-0.4, -0.2) is 24.5 Å². The van der Waals surface area contributed by atoms with Gasteiger partial charge in [-0.1, -0.05) is 20.8 Å². The molecule has 1 fully saturated rings. The van der Waals surface area contributed by atoms with E-state index in [0.29, 0.717) is 0 Å². The second-order valence-corrected chi connectivity index (χ2v) is 5.39. The summed E-state index contributed by atoms with van der Waals surface area (Å²) in [5.41, 5.74) is -0.497. The SMILES string of the molecule is CC(C)(C)C(=O)C1CCC(C(F)(F)F)CN1. The Balaban J connectivity index is 2.53. The molecule has 1 rings (SSSR count). The number of carbonyl (C=O) groups is 1. The molecule has 16 heavy (non-hydrogen) atoms. The Hall–Kier alpha value is -0.580. The van der Waals surface area contributed by atoms with Gasteiger partial charge < -0.3 is 5.32 Å². The number of hydrogen-bond acceptors (Lipinski definition) is 2. The molecule has 1 saturated heterocycles. The molecule has 1 heterocycles. The second-order valence-electron chi connectivity index (χ2n) is 5.39. The lowest BCUT2D eigenvalue weighted by molar-refractivity contribution is -0.180. The van der Waals surface area contributed by atoms with E-state index in [1.807, 2.05) is 0 Å². The summed E-state index contributed by atoms with van der Waals surface area (Å²) < 4.78 is 37.1. The number of ketones is 1. The van der Waals surface area contributed by atoms with E-state index in [0.717, 1.165) is 0 Å². The van der Waals surface area contributed by atoms with Crippen LogP contribution in [0.2, 0.25) is 0 Å². The van der Waals surface area contributed by atoms with Crippen molar-refractivity contribution >= 4 is 5.78 Å². The van der Waals surface area contributed by atoms with Crippen molar-refractivity contribution in [3.8, 4) is 0 Å². The van der Waals surface area contributed by atoms with Gasteiger partial charge >= 0.3 is 6.18 Å². The first-order chi connectivity index (χ1) is 7.12. The van der Waals surface area contributed by atoms with Crippen molar-refractivity contribution in [2.45, 2.75) is 45.8 Å². The third-order valence-corrected chi connectivity index (χ3v) is 2.93. The van der Waals surface area contributed by atoms with Crippen molar-refractivity contribution in [3.05, 3.63) is 0 Å². The number of alkyl halides is 3. The Labute approximate surface area is 93.6 Å². The molecule has 1 N–H and O–H groups in total. The average molecular weight is 237 g/mol. The quantitative estimate of drug-likeness (QED) is 0.759. The zero-order chi connectivity index (χ0) is 12.6. The maximum absolute atomic E-state index is 12.4. The van der Waals surface area contributed by atoms with Gasteiger partial charge in [0.05, 0.1) is 12.0 Å². The molecule has 0 radical (unpaired) electrons. The summed E-state index contributed by atoms with van der Waals surface area (Å²) >= 11 is 0. The minimum absolute atomic E-state index is 0.00637. The lowest BCUT2D eigenvalue weighted by Crippen LogP contribution is -2.50. The number of halogens is 3. The van der Waals surface area contributed by atoms with E-state index in [-0.39, 0.29) is 25.2 Å². The molecule has 2 nitrogen and oxygen atoms in total. The van der Waals surface area contributed by atoms with Crippen molar-refractivity contribution in [1.82, 2.24) is 5.32 Å². The van der Waals surface area contributed by atoms with E-state index in [1.54, 1.807) is 20.8 Å². The molecule has 0 aromatic carbocycles. The molecule has 5 heteroatoms. The molecule has 1 aliphatic rings. The average Bonchev–Trinajstić information content (AvgIpc) is 2.14. The van der Waals surface area contributed by atoms with Crippen LogP contribution in [-0.2, 0) is 4.79 Å². The lowest BCUT2D eigenvalue weighted by Gasteiger charge is -2.33. The van der Waals surface area contributed by atoms with Crippen LogP contribution in [0.3, 0.4) is 0 Å². The topological polar surface area (TPSA) is 29.1 Å². The van der Waals surface area contributed by atoms with Crippen molar-refractivity contribution in [3.63, 3.8) is 0 Å². The predicted octanol–water partition coefficient (Wildman–Crippen LogP) is 2.53. The van der Waals surface area contributed by atoms with E-state index < -0.39 is 23.6 Å². The molecular weight excluding hydrogens is 219 g/mol. The summed E-state index contributed by atoms with van der Waals surface area (Å²) in [6.07, 6.45) is -3.83. The fourth-order valence-electron chi connectivity index (χ4n) is 1.88. The summed E-state index contributed by atoms with van der Waals surface area (Å²) in [5, 5.41) is 2.71. The third-order valence-electron chi connectivity index (χ3n) is 2.93. The molecule has 2 unspecified atom stereocenters. The Morgan fingerprint density at radius 1 is 1.19 bits per heavy atom. The number of carbonyl (C=O) groups excluding carboxylic acids is 1. The highest BCUT2D eigenvalue weighted by molar-refractivity contribution is 5.88. The van der Waals surface area contributed by atoms with Crippen LogP contribution < -0.4 is 5.32 Å². The maximum atomic E-state index is 12.4. The van der Waals surface area contributed by atoms with Gasteiger partial charge in [0.15, 0.2) is 5.78 Å². The van der Waals surface area contributed by atoms with Crippen molar-refractivity contribution in [1.29, 1.82) is 0 Å². The molecule has 0 amide bonds. The molecule has 0 aromatic rings. The fourth-order valence-corrected chi connectivity index (χ4v) is 1.88. The lowest BCUT2D eigenvalue weighted by atomic mass is 9.82. The van der Waals surface area contributed by atoms with Gasteiger partial charge in [-0.05, 0) is 12.8 Å². The molecule has 1 aliphatic heterocycles. The number of piperidine rings is 1. The van der Waals surface area contributed by atoms with Crippen molar-refractivity contribution in [2.24, 2.45) is 11.3 Å². The van der Waals surface area contributed by atoms with E-state index in [9.17, 15) is 18.0 Å². The van der Waals surface area contributed by atoms with E-state index in [2.05, 4.69) is 5.32 Å². The molecular formula is C11H18F3NO. The molecule has 0 spiro atoms. The Morgan fingerprint density at radius 3 is 2.06 bits per heavy atom.